The molecule has 0 aliphatic heterocycles. The molecule has 1 aromatic heterocycles. The highest BCUT2D eigenvalue weighted by atomic mass is 19.4. The van der Waals surface area contributed by atoms with Crippen molar-refractivity contribution in [2.45, 2.75) is 32.0 Å². The highest BCUT2D eigenvalue weighted by Gasteiger charge is 2.38. The minimum Gasteiger partial charge on any atom is -0.345 e. The van der Waals surface area contributed by atoms with Gasteiger partial charge in [-0.15, -0.1) is 0 Å². The molecule has 0 saturated heterocycles. The van der Waals surface area contributed by atoms with Crippen LogP contribution in [0.2, 0.25) is 0 Å². The van der Waals surface area contributed by atoms with E-state index in [1.54, 1.807) is 0 Å². The zero-order valence-electron chi connectivity index (χ0n) is 9.87. The van der Waals surface area contributed by atoms with Crippen LogP contribution in [0.5, 0.6) is 0 Å². The number of rotatable bonds is 4. The third kappa shape index (κ3) is 3.21. The highest BCUT2D eigenvalue weighted by Crippen LogP contribution is 2.33. The fourth-order valence-corrected chi connectivity index (χ4v) is 1.74. The summed E-state index contributed by atoms with van der Waals surface area (Å²) in [6.07, 6.45) is -1.41. The molecule has 1 aliphatic rings. The van der Waals surface area contributed by atoms with Gasteiger partial charge in [0.1, 0.15) is 12.4 Å². The summed E-state index contributed by atoms with van der Waals surface area (Å²) in [4.78, 5) is 16.3. The lowest BCUT2D eigenvalue weighted by atomic mass is 10.2. The molecule has 1 fully saturated rings. The van der Waals surface area contributed by atoms with Gasteiger partial charge in [0.25, 0.3) is 0 Å². The minimum absolute atomic E-state index is 0.0812. The fraction of sp³-hybridized carbons (Fsp3) is 0.500. The van der Waals surface area contributed by atoms with Gasteiger partial charge in [-0.1, -0.05) is 0 Å². The molecule has 1 aromatic rings. The summed E-state index contributed by atoms with van der Waals surface area (Å²) < 4.78 is 37.4. The lowest BCUT2D eigenvalue weighted by Gasteiger charge is -2.24. The van der Waals surface area contributed by atoms with Crippen LogP contribution in [0.4, 0.5) is 19.0 Å². The van der Waals surface area contributed by atoms with Gasteiger partial charge in [0.05, 0.1) is 0 Å². The number of pyridine rings is 1. The SMILES string of the molecule is CC(=O)c1ccc(N(CC(F)(F)F)C2CC2)nc1. The number of Topliss-reactive ketones (excluding diaryl/α,β-unsaturated/α-hetero) is 1. The predicted molar refractivity (Wildman–Crippen MR) is 60.7 cm³/mol. The average Bonchev–Trinajstić information content (AvgIpc) is 3.08. The molecule has 1 aliphatic carbocycles. The number of ketones is 1. The highest BCUT2D eigenvalue weighted by molar-refractivity contribution is 5.93. The third-order valence-electron chi connectivity index (χ3n) is 2.79. The molecule has 98 valence electrons. The molecule has 0 radical (unpaired) electrons. The van der Waals surface area contributed by atoms with Gasteiger partial charge in [0, 0.05) is 17.8 Å². The Labute approximate surface area is 103 Å². The van der Waals surface area contributed by atoms with E-state index in [0.29, 0.717) is 5.56 Å². The second-order valence-corrected chi connectivity index (χ2v) is 4.44. The number of halogens is 3. The van der Waals surface area contributed by atoms with Crippen LogP contribution >= 0.6 is 0 Å². The number of hydrogen-bond donors (Lipinski definition) is 0. The molecule has 2 rings (SSSR count). The first-order valence-corrected chi connectivity index (χ1v) is 5.67. The Morgan fingerprint density at radius 1 is 1.44 bits per heavy atom. The molecule has 1 saturated carbocycles. The maximum atomic E-state index is 12.5. The van der Waals surface area contributed by atoms with Gasteiger partial charge < -0.3 is 4.90 Å². The Hall–Kier alpha value is -1.59. The van der Waals surface area contributed by atoms with Gasteiger partial charge >= 0.3 is 6.18 Å². The fourth-order valence-electron chi connectivity index (χ4n) is 1.74. The lowest BCUT2D eigenvalue weighted by Crippen LogP contribution is -2.36. The predicted octanol–water partition coefficient (Wildman–Crippen LogP) is 2.82. The monoisotopic (exact) mass is 258 g/mol. The lowest BCUT2D eigenvalue weighted by molar-refractivity contribution is -0.120. The van der Waals surface area contributed by atoms with Gasteiger partial charge in [-0.25, -0.2) is 4.98 Å². The summed E-state index contributed by atoms with van der Waals surface area (Å²) in [5.74, 6) is 0.127. The number of carbonyl (C=O) groups is 1. The van der Waals surface area contributed by atoms with Crippen molar-refractivity contribution < 1.29 is 18.0 Å². The number of aromatic nitrogens is 1. The van der Waals surface area contributed by atoms with E-state index < -0.39 is 12.7 Å². The molecule has 0 spiro atoms. The van der Waals surface area contributed by atoms with Crippen molar-refractivity contribution in [1.29, 1.82) is 0 Å². The Balaban J connectivity index is 2.18. The van der Waals surface area contributed by atoms with Crippen molar-refractivity contribution in [2.24, 2.45) is 0 Å². The quantitative estimate of drug-likeness (QED) is 0.778. The van der Waals surface area contributed by atoms with E-state index in [1.165, 1.54) is 30.2 Å². The van der Waals surface area contributed by atoms with Gasteiger partial charge in [-0.05, 0) is 31.9 Å². The second-order valence-electron chi connectivity index (χ2n) is 4.44. The summed E-state index contributed by atoms with van der Waals surface area (Å²) >= 11 is 0. The van der Waals surface area contributed by atoms with E-state index in [4.69, 9.17) is 0 Å². The zero-order chi connectivity index (χ0) is 13.3. The Bertz CT molecular complexity index is 438. The number of nitrogens with zero attached hydrogens (tertiary/aromatic N) is 2. The molecule has 0 atom stereocenters. The molecule has 6 heteroatoms. The standard InChI is InChI=1S/C12H13F3N2O/c1-8(18)9-2-5-11(16-6-9)17(10-3-4-10)7-12(13,14)15/h2,5-6,10H,3-4,7H2,1H3. The maximum absolute atomic E-state index is 12.5. The maximum Gasteiger partial charge on any atom is 0.405 e. The number of alkyl halides is 3. The van der Waals surface area contributed by atoms with Crippen LogP contribution in [0.15, 0.2) is 18.3 Å². The molecule has 0 bridgehead atoms. The van der Waals surface area contributed by atoms with Crippen molar-refractivity contribution in [3.05, 3.63) is 23.9 Å². The minimum atomic E-state index is -4.25. The van der Waals surface area contributed by atoms with Gasteiger partial charge in [-0.3, -0.25) is 4.79 Å². The average molecular weight is 258 g/mol. The van der Waals surface area contributed by atoms with Crippen molar-refractivity contribution >= 4 is 11.6 Å². The zero-order valence-corrected chi connectivity index (χ0v) is 9.87. The molecular weight excluding hydrogens is 245 g/mol. The van der Waals surface area contributed by atoms with E-state index in [2.05, 4.69) is 4.98 Å². The molecule has 0 N–H and O–H groups in total. The van der Waals surface area contributed by atoms with Crippen molar-refractivity contribution in [3.8, 4) is 0 Å². The van der Waals surface area contributed by atoms with E-state index in [9.17, 15) is 18.0 Å². The van der Waals surface area contributed by atoms with Crippen LogP contribution < -0.4 is 4.90 Å². The summed E-state index contributed by atoms with van der Waals surface area (Å²) in [6.45, 7) is 0.398. The van der Waals surface area contributed by atoms with Crippen molar-refractivity contribution in [1.82, 2.24) is 4.98 Å². The first-order chi connectivity index (χ1) is 8.37. The van der Waals surface area contributed by atoms with Crippen molar-refractivity contribution in [2.75, 3.05) is 11.4 Å². The summed E-state index contributed by atoms with van der Waals surface area (Å²) in [5.41, 5.74) is 0.404. The third-order valence-corrected chi connectivity index (χ3v) is 2.79. The summed E-state index contributed by atoms with van der Waals surface area (Å²) in [5, 5.41) is 0. The van der Waals surface area contributed by atoms with E-state index in [1.807, 2.05) is 0 Å². The first-order valence-electron chi connectivity index (χ1n) is 5.67. The molecular formula is C12H13F3N2O. The van der Waals surface area contributed by atoms with Crippen molar-refractivity contribution in [3.63, 3.8) is 0 Å². The Morgan fingerprint density at radius 2 is 2.11 bits per heavy atom. The second kappa shape index (κ2) is 4.59. The van der Waals surface area contributed by atoms with E-state index in [-0.39, 0.29) is 17.6 Å². The summed E-state index contributed by atoms with van der Waals surface area (Å²) in [7, 11) is 0. The Kier molecular flexibility index (Phi) is 3.28. The molecule has 1 heterocycles. The number of anilines is 1. The summed E-state index contributed by atoms with van der Waals surface area (Å²) in [6, 6.07) is 2.90. The molecule has 3 nitrogen and oxygen atoms in total. The van der Waals surface area contributed by atoms with Gasteiger partial charge in [0.15, 0.2) is 5.78 Å². The van der Waals surface area contributed by atoms with Crippen LogP contribution in [-0.2, 0) is 0 Å². The normalized spacial score (nSPS) is 15.6. The first kappa shape index (κ1) is 12.9. The molecule has 0 aromatic carbocycles. The number of hydrogen-bond acceptors (Lipinski definition) is 3. The van der Waals surface area contributed by atoms with Crippen LogP contribution in [0, 0.1) is 0 Å². The van der Waals surface area contributed by atoms with Gasteiger partial charge in [-0.2, -0.15) is 13.2 Å². The van der Waals surface area contributed by atoms with E-state index >= 15 is 0 Å². The molecule has 18 heavy (non-hydrogen) atoms. The van der Waals surface area contributed by atoms with E-state index in [0.717, 1.165) is 12.8 Å². The number of carbonyl (C=O) groups excluding carboxylic acids is 1. The van der Waals surface area contributed by atoms with Crippen LogP contribution in [0.3, 0.4) is 0 Å². The smallest absolute Gasteiger partial charge is 0.345 e. The Morgan fingerprint density at radius 3 is 2.50 bits per heavy atom. The van der Waals surface area contributed by atoms with Crippen LogP contribution in [0.25, 0.3) is 0 Å². The van der Waals surface area contributed by atoms with Crippen LogP contribution in [0.1, 0.15) is 30.1 Å². The molecule has 0 unspecified atom stereocenters. The largest absolute Gasteiger partial charge is 0.405 e. The molecule has 0 amide bonds. The topological polar surface area (TPSA) is 33.2 Å². The van der Waals surface area contributed by atoms with Crippen LogP contribution in [-0.4, -0.2) is 29.5 Å². The van der Waals surface area contributed by atoms with Gasteiger partial charge in [0.2, 0.25) is 0 Å².